The number of unbranched alkanes of at least 4 members (excludes halogenated alkanes) is 7. The Bertz CT molecular complexity index is 375. The second-order valence-electron chi connectivity index (χ2n) is 6.76. The number of aliphatic carboxylic acids is 1. The Morgan fingerprint density at radius 3 is 2.00 bits per heavy atom. The van der Waals surface area contributed by atoms with E-state index in [0.29, 0.717) is 19.5 Å². The van der Waals surface area contributed by atoms with E-state index in [0.717, 1.165) is 19.3 Å². The van der Waals surface area contributed by atoms with Crippen LogP contribution in [0.5, 0.6) is 0 Å². The summed E-state index contributed by atoms with van der Waals surface area (Å²) >= 11 is 0. The molecule has 0 aliphatic rings. The van der Waals surface area contributed by atoms with Crippen molar-refractivity contribution in [3.63, 3.8) is 0 Å². The summed E-state index contributed by atoms with van der Waals surface area (Å²) in [6.45, 7) is 7.39. The molecule has 0 radical (unpaired) electrons. The van der Waals surface area contributed by atoms with Gasteiger partial charge in [-0.05, 0) is 46.0 Å². The minimum Gasteiger partial charge on any atom is -0.481 e. The van der Waals surface area contributed by atoms with Crippen molar-refractivity contribution in [1.82, 2.24) is 4.90 Å². The first-order valence-corrected chi connectivity index (χ1v) is 10.2. The van der Waals surface area contributed by atoms with Crippen molar-refractivity contribution < 1.29 is 14.7 Å². The van der Waals surface area contributed by atoms with E-state index in [2.05, 4.69) is 19.1 Å². The third-order valence-electron chi connectivity index (χ3n) is 4.66. The van der Waals surface area contributed by atoms with Crippen LogP contribution in [-0.4, -0.2) is 35.0 Å². The van der Waals surface area contributed by atoms with Crippen molar-refractivity contribution in [3.8, 4) is 0 Å². The Kier molecular flexibility index (Phi) is 15.3. The summed E-state index contributed by atoms with van der Waals surface area (Å²) in [5.74, 6) is -1.28. The largest absolute Gasteiger partial charge is 0.481 e. The molecule has 4 heteroatoms. The van der Waals surface area contributed by atoms with Gasteiger partial charge < -0.3 is 10.0 Å². The summed E-state index contributed by atoms with van der Waals surface area (Å²) in [7, 11) is 0. The van der Waals surface area contributed by atoms with Gasteiger partial charge in [0.05, 0.1) is 6.42 Å². The predicted molar refractivity (Wildman–Crippen MR) is 105 cm³/mol. The van der Waals surface area contributed by atoms with Gasteiger partial charge in [-0.1, -0.05) is 51.2 Å². The van der Waals surface area contributed by atoms with E-state index in [1.165, 1.54) is 38.5 Å². The van der Waals surface area contributed by atoms with Crippen LogP contribution < -0.4 is 0 Å². The van der Waals surface area contributed by atoms with E-state index in [4.69, 9.17) is 5.11 Å². The number of rotatable bonds is 16. The number of hydrogen-bond donors (Lipinski definition) is 1. The van der Waals surface area contributed by atoms with Crippen LogP contribution in [0.2, 0.25) is 0 Å². The number of carbonyl (C=O) groups excluding carboxylic acids is 1. The number of allylic oxidation sites excluding steroid dienone is 2. The van der Waals surface area contributed by atoms with Crippen LogP contribution in [0, 0.1) is 5.92 Å². The summed E-state index contributed by atoms with van der Waals surface area (Å²) in [5, 5.41) is 9.05. The summed E-state index contributed by atoms with van der Waals surface area (Å²) in [6, 6.07) is 0. The van der Waals surface area contributed by atoms with Crippen LogP contribution >= 0.6 is 0 Å². The Hall–Kier alpha value is -1.32. The molecule has 25 heavy (non-hydrogen) atoms. The fourth-order valence-corrected chi connectivity index (χ4v) is 3.08. The SMILES string of the molecule is CCCCCCCC/C=C/CCCC(CC(=O)O)C(=O)N(CC)CC. The molecule has 146 valence electrons. The normalized spacial score (nSPS) is 12.4. The van der Waals surface area contributed by atoms with Gasteiger partial charge in [0.15, 0.2) is 0 Å². The third kappa shape index (κ3) is 12.7. The maximum atomic E-state index is 12.4. The average molecular weight is 354 g/mol. The van der Waals surface area contributed by atoms with Crippen molar-refractivity contribution in [2.24, 2.45) is 5.92 Å². The van der Waals surface area contributed by atoms with Gasteiger partial charge in [0.25, 0.3) is 0 Å². The summed E-state index contributed by atoms with van der Waals surface area (Å²) in [4.78, 5) is 25.2. The number of carbonyl (C=O) groups is 2. The van der Waals surface area contributed by atoms with Gasteiger partial charge in [-0.3, -0.25) is 9.59 Å². The summed E-state index contributed by atoms with van der Waals surface area (Å²) < 4.78 is 0. The molecule has 1 N–H and O–H groups in total. The monoisotopic (exact) mass is 353 g/mol. The highest BCUT2D eigenvalue weighted by Gasteiger charge is 2.24. The van der Waals surface area contributed by atoms with Crippen LogP contribution in [0.1, 0.15) is 91.4 Å². The molecule has 0 aromatic rings. The fraction of sp³-hybridized carbons (Fsp3) is 0.810. The van der Waals surface area contributed by atoms with E-state index in [-0.39, 0.29) is 18.2 Å². The lowest BCUT2D eigenvalue weighted by atomic mass is 9.96. The molecule has 0 fully saturated rings. The van der Waals surface area contributed by atoms with E-state index in [9.17, 15) is 9.59 Å². The second-order valence-corrected chi connectivity index (χ2v) is 6.76. The van der Waals surface area contributed by atoms with Crippen LogP contribution in [0.25, 0.3) is 0 Å². The summed E-state index contributed by atoms with van der Waals surface area (Å²) in [5.41, 5.74) is 0. The number of nitrogens with zero attached hydrogens (tertiary/aromatic N) is 1. The molecule has 1 amide bonds. The molecule has 0 saturated carbocycles. The first-order valence-electron chi connectivity index (χ1n) is 10.2. The molecular formula is C21H39NO3. The lowest BCUT2D eigenvalue weighted by Crippen LogP contribution is -2.36. The lowest BCUT2D eigenvalue weighted by Gasteiger charge is -2.24. The van der Waals surface area contributed by atoms with E-state index < -0.39 is 5.97 Å². The first-order chi connectivity index (χ1) is 12.1. The Morgan fingerprint density at radius 1 is 0.880 bits per heavy atom. The molecule has 0 heterocycles. The quantitative estimate of drug-likeness (QED) is 0.297. The molecule has 0 saturated heterocycles. The molecule has 0 bridgehead atoms. The fourth-order valence-electron chi connectivity index (χ4n) is 3.08. The average Bonchev–Trinajstić information content (AvgIpc) is 2.59. The van der Waals surface area contributed by atoms with Gasteiger partial charge in [-0.15, -0.1) is 0 Å². The van der Waals surface area contributed by atoms with E-state index >= 15 is 0 Å². The van der Waals surface area contributed by atoms with Gasteiger partial charge in [0, 0.05) is 19.0 Å². The van der Waals surface area contributed by atoms with E-state index in [1.807, 2.05) is 13.8 Å². The highest BCUT2D eigenvalue weighted by Crippen LogP contribution is 2.17. The number of carboxylic acid groups (broad SMARTS) is 1. The van der Waals surface area contributed by atoms with Gasteiger partial charge >= 0.3 is 5.97 Å². The zero-order valence-corrected chi connectivity index (χ0v) is 16.6. The zero-order chi connectivity index (χ0) is 18.9. The van der Waals surface area contributed by atoms with Crippen LogP contribution in [0.4, 0.5) is 0 Å². The van der Waals surface area contributed by atoms with Gasteiger partial charge in [-0.25, -0.2) is 0 Å². The molecule has 0 spiro atoms. The van der Waals surface area contributed by atoms with Gasteiger partial charge in [-0.2, -0.15) is 0 Å². The Labute approximate surface area is 154 Å². The van der Waals surface area contributed by atoms with Crippen LogP contribution in [0.3, 0.4) is 0 Å². The second kappa shape index (κ2) is 16.2. The maximum Gasteiger partial charge on any atom is 0.304 e. The van der Waals surface area contributed by atoms with Crippen molar-refractivity contribution in [3.05, 3.63) is 12.2 Å². The molecule has 0 aliphatic carbocycles. The maximum absolute atomic E-state index is 12.4. The molecule has 0 aromatic carbocycles. The van der Waals surface area contributed by atoms with Gasteiger partial charge in [0.2, 0.25) is 5.91 Å². The topological polar surface area (TPSA) is 57.6 Å². The molecule has 1 atom stereocenters. The van der Waals surface area contributed by atoms with E-state index in [1.54, 1.807) is 4.90 Å². The van der Waals surface area contributed by atoms with Crippen molar-refractivity contribution in [2.75, 3.05) is 13.1 Å². The number of hydrogen-bond acceptors (Lipinski definition) is 2. The van der Waals surface area contributed by atoms with Crippen LogP contribution in [-0.2, 0) is 9.59 Å². The third-order valence-corrected chi connectivity index (χ3v) is 4.66. The highest BCUT2D eigenvalue weighted by molar-refractivity contribution is 5.83. The predicted octanol–water partition coefficient (Wildman–Crippen LogP) is 5.42. The van der Waals surface area contributed by atoms with Gasteiger partial charge in [0.1, 0.15) is 0 Å². The molecule has 0 aromatic heterocycles. The number of carboxylic acids is 1. The lowest BCUT2D eigenvalue weighted by molar-refractivity contribution is -0.144. The minimum atomic E-state index is -0.885. The summed E-state index contributed by atoms with van der Waals surface area (Å²) in [6.07, 6.45) is 15.8. The van der Waals surface area contributed by atoms with Crippen molar-refractivity contribution in [1.29, 1.82) is 0 Å². The van der Waals surface area contributed by atoms with Crippen molar-refractivity contribution >= 4 is 11.9 Å². The van der Waals surface area contributed by atoms with Crippen LogP contribution in [0.15, 0.2) is 12.2 Å². The molecule has 0 rings (SSSR count). The Balaban J connectivity index is 4.00. The standard InChI is InChI=1S/C21H39NO3/c1-4-7-8-9-10-11-12-13-14-15-16-17-19(18-20(23)24)21(25)22(5-2)6-3/h13-14,19H,4-12,15-18H2,1-3H3,(H,23,24)/b14-13+. The molecule has 4 nitrogen and oxygen atoms in total. The molecule has 1 unspecified atom stereocenters. The molecule has 0 aliphatic heterocycles. The molecular weight excluding hydrogens is 314 g/mol. The smallest absolute Gasteiger partial charge is 0.304 e. The number of amides is 1. The highest BCUT2D eigenvalue weighted by atomic mass is 16.4. The first kappa shape index (κ1) is 23.7. The zero-order valence-electron chi connectivity index (χ0n) is 16.6. The Morgan fingerprint density at radius 2 is 1.44 bits per heavy atom. The minimum absolute atomic E-state index is 0.0107. The van der Waals surface area contributed by atoms with Crippen molar-refractivity contribution in [2.45, 2.75) is 91.4 Å².